The van der Waals surface area contributed by atoms with Crippen molar-refractivity contribution in [2.45, 2.75) is 19.4 Å². The van der Waals surface area contributed by atoms with Crippen LogP contribution in [0.3, 0.4) is 0 Å². The Bertz CT molecular complexity index is 906. The van der Waals surface area contributed by atoms with Crippen LogP contribution < -0.4 is 16.0 Å². The van der Waals surface area contributed by atoms with Crippen LogP contribution in [0, 0.1) is 12.7 Å². The minimum atomic E-state index is -0.251. The third-order valence-corrected chi connectivity index (χ3v) is 5.23. The topological polar surface area (TPSA) is 90.9 Å². The minimum absolute atomic E-state index is 0. The summed E-state index contributed by atoms with van der Waals surface area (Å²) in [5, 5.41) is 9.29. The second-order valence-electron chi connectivity index (χ2n) is 7.56. The zero-order valence-electron chi connectivity index (χ0n) is 19.0. The van der Waals surface area contributed by atoms with Crippen molar-refractivity contribution in [3.63, 3.8) is 0 Å². The van der Waals surface area contributed by atoms with Gasteiger partial charge in [0.25, 0.3) is 0 Å². The Labute approximate surface area is 211 Å². The first-order valence-electron chi connectivity index (χ1n) is 10.8. The smallest absolute Gasteiger partial charge is 0.227 e. The van der Waals surface area contributed by atoms with Crippen molar-refractivity contribution in [2.24, 2.45) is 4.99 Å². The van der Waals surface area contributed by atoms with Gasteiger partial charge in [0.15, 0.2) is 5.96 Å². The van der Waals surface area contributed by atoms with Crippen LogP contribution in [0.4, 0.5) is 10.2 Å². The monoisotopic (exact) mass is 570 g/mol. The van der Waals surface area contributed by atoms with Crippen molar-refractivity contribution in [1.29, 1.82) is 0 Å². The Morgan fingerprint density at radius 3 is 2.58 bits per heavy atom. The third kappa shape index (κ3) is 8.86. The number of aliphatic imine (C=N–C) groups is 1. The van der Waals surface area contributed by atoms with Crippen molar-refractivity contribution >= 4 is 41.7 Å². The van der Waals surface area contributed by atoms with Crippen molar-refractivity contribution in [3.05, 3.63) is 59.5 Å². The maximum absolute atomic E-state index is 13.4. The highest BCUT2D eigenvalue weighted by atomic mass is 127. The number of nitrogens with zero attached hydrogens (tertiary/aromatic N) is 3. The number of hydrogen-bond donors (Lipinski definition) is 3. The zero-order valence-corrected chi connectivity index (χ0v) is 21.3. The summed E-state index contributed by atoms with van der Waals surface area (Å²) in [5.41, 5.74) is 1.88. The van der Waals surface area contributed by atoms with E-state index in [1.807, 2.05) is 31.2 Å². The van der Waals surface area contributed by atoms with Gasteiger partial charge in [-0.15, -0.1) is 24.0 Å². The van der Waals surface area contributed by atoms with Gasteiger partial charge in [-0.05, 0) is 36.8 Å². The maximum atomic E-state index is 13.4. The number of nitrogens with one attached hydrogen (secondary N) is 3. The van der Waals surface area contributed by atoms with Gasteiger partial charge in [-0.1, -0.05) is 18.2 Å². The molecule has 1 fully saturated rings. The van der Waals surface area contributed by atoms with Crippen LogP contribution in [-0.4, -0.2) is 68.2 Å². The number of morpholine rings is 1. The molecule has 3 N–H and O–H groups in total. The highest BCUT2D eigenvalue weighted by Crippen LogP contribution is 2.21. The normalized spacial score (nSPS) is 15.3. The van der Waals surface area contributed by atoms with Gasteiger partial charge in [-0.3, -0.25) is 14.7 Å². The highest BCUT2D eigenvalue weighted by molar-refractivity contribution is 14.0. The molecular formula is C23H32FIN6O2. The van der Waals surface area contributed by atoms with Gasteiger partial charge in [0.05, 0.1) is 19.3 Å². The summed E-state index contributed by atoms with van der Waals surface area (Å²) in [4.78, 5) is 23.0. The fraction of sp³-hybridized carbons (Fsp3) is 0.435. The predicted molar refractivity (Wildman–Crippen MR) is 139 cm³/mol. The Kier molecular flexibility index (Phi) is 11.5. The Morgan fingerprint density at radius 1 is 1.18 bits per heavy atom. The molecule has 0 aliphatic carbocycles. The van der Waals surface area contributed by atoms with Crippen molar-refractivity contribution in [1.82, 2.24) is 20.5 Å². The predicted octanol–water partition coefficient (Wildman–Crippen LogP) is 2.71. The van der Waals surface area contributed by atoms with Gasteiger partial charge >= 0.3 is 0 Å². The van der Waals surface area contributed by atoms with Gasteiger partial charge in [0, 0.05) is 45.3 Å². The lowest BCUT2D eigenvalue weighted by molar-refractivity contribution is -0.116. The largest absolute Gasteiger partial charge is 0.379 e. The van der Waals surface area contributed by atoms with Crippen LogP contribution in [0.1, 0.15) is 23.7 Å². The van der Waals surface area contributed by atoms with E-state index in [0.717, 1.165) is 24.3 Å². The molecule has 1 atom stereocenters. The van der Waals surface area contributed by atoms with Crippen LogP contribution in [0.15, 0.2) is 47.5 Å². The van der Waals surface area contributed by atoms with E-state index in [-0.39, 0.29) is 48.2 Å². The molecular weight excluding hydrogens is 538 g/mol. The Balaban J connectivity index is 0.00000385. The van der Waals surface area contributed by atoms with E-state index in [1.54, 1.807) is 13.1 Å². The number of hydrogen-bond acceptors (Lipinski definition) is 5. The molecule has 0 spiro atoms. The lowest BCUT2D eigenvalue weighted by atomic mass is 10.0. The van der Waals surface area contributed by atoms with E-state index in [4.69, 9.17) is 4.74 Å². The second-order valence-corrected chi connectivity index (χ2v) is 7.56. The minimum Gasteiger partial charge on any atom is -0.379 e. The van der Waals surface area contributed by atoms with Gasteiger partial charge in [-0.25, -0.2) is 9.37 Å². The van der Waals surface area contributed by atoms with Crippen LogP contribution in [0.2, 0.25) is 0 Å². The number of carbonyl (C=O) groups excluding carboxylic acids is 1. The molecule has 180 valence electrons. The highest BCUT2D eigenvalue weighted by Gasteiger charge is 2.23. The van der Waals surface area contributed by atoms with Gasteiger partial charge in [0.1, 0.15) is 11.6 Å². The molecule has 0 saturated carbocycles. The summed E-state index contributed by atoms with van der Waals surface area (Å²) in [6.45, 7) is 5.86. The molecule has 1 amide bonds. The average Bonchev–Trinajstić information content (AvgIpc) is 2.80. The maximum Gasteiger partial charge on any atom is 0.227 e. The number of guanidine groups is 1. The van der Waals surface area contributed by atoms with E-state index in [9.17, 15) is 9.18 Å². The Hall–Kier alpha value is -2.31. The number of aromatic nitrogens is 1. The van der Waals surface area contributed by atoms with Crippen molar-refractivity contribution in [3.8, 4) is 0 Å². The summed E-state index contributed by atoms with van der Waals surface area (Å²) in [7, 11) is 1.69. The second kappa shape index (κ2) is 14.1. The van der Waals surface area contributed by atoms with Crippen LogP contribution in [0.5, 0.6) is 0 Å². The van der Waals surface area contributed by atoms with Crippen LogP contribution >= 0.6 is 24.0 Å². The molecule has 1 aromatic heterocycles. The molecule has 33 heavy (non-hydrogen) atoms. The summed E-state index contributed by atoms with van der Waals surface area (Å²) in [6, 6.07) is 12.1. The first-order valence-corrected chi connectivity index (χ1v) is 10.8. The summed E-state index contributed by atoms with van der Waals surface area (Å²) in [5.74, 6) is 0.777. The van der Waals surface area contributed by atoms with E-state index in [2.05, 4.69) is 30.8 Å². The number of aryl methyl sites for hydroxylation is 1. The average molecular weight is 570 g/mol. The molecule has 2 aromatic rings. The molecule has 1 unspecified atom stereocenters. The lowest BCUT2D eigenvalue weighted by Crippen LogP contribution is -2.46. The number of ether oxygens (including phenoxy) is 1. The summed E-state index contributed by atoms with van der Waals surface area (Å²) >= 11 is 0. The zero-order chi connectivity index (χ0) is 22.8. The first-order chi connectivity index (χ1) is 15.5. The Morgan fingerprint density at radius 2 is 1.91 bits per heavy atom. The number of amides is 1. The standard InChI is InChI=1S/C23H31FN6O2.HI/c1-17-4-3-5-21(28-17)29-22(31)10-11-26-23(25-2)27-16-20(30-12-14-32-15-13-30)18-6-8-19(24)9-7-18;/h3-9,20H,10-16H2,1-2H3,(H2,25,26,27)(H,28,29,31);1H. The SMILES string of the molecule is CN=C(NCCC(=O)Nc1cccc(C)n1)NCC(c1ccc(F)cc1)N1CCOCC1.I. The molecule has 0 radical (unpaired) electrons. The fourth-order valence-electron chi connectivity index (χ4n) is 3.56. The van der Waals surface area contributed by atoms with Gasteiger partial charge in [-0.2, -0.15) is 0 Å². The number of benzene rings is 1. The number of anilines is 1. The first kappa shape index (κ1) is 26.9. The molecule has 10 heteroatoms. The number of halogens is 2. The summed E-state index contributed by atoms with van der Waals surface area (Å²) in [6.07, 6.45) is 0.279. The number of carbonyl (C=O) groups is 1. The molecule has 1 aromatic carbocycles. The van der Waals surface area contributed by atoms with E-state index >= 15 is 0 Å². The van der Waals surface area contributed by atoms with Gasteiger partial charge in [0.2, 0.25) is 5.91 Å². The van der Waals surface area contributed by atoms with Crippen LogP contribution in [-0.2, 0) is 9.53 Å². The molecule has 1 aliphatic heterocycles. The van der Waals surface area contributed by atoms with E-state index in [1.165, 1.54) is 12.1 Å². The molecule has 0 bridgehead atoms. The van der Waals surface area contributed by atoms with Gasteiger partial charge < -0.3 is 20.7 Å². The third-order valence-electron chi connectivity index (χ3n) is 5.23. The number of rotatable bonds is 8. The molecule has 1 saturated heterocycles. The van der Waals surface area contributed by atoms with Crippen molar-refractivity contribution < 1.29 is 13.9 Å². The molecule has 2 heterocycles. The number of pyridine rings is 1. The van der Waals surface area contributed by atoms with E-state index < -0.39 is 0 Å². The lowest BCUT2D eigenvalue weighted by Gasteiger charge is -2.35. The quantitative estimate of drug-likeness (QED) is 0.257. The van der Waals surface area contributed by atoms with E-state index in [0.29, 0.717) is 38.1 Å². The fourth-order valence-corrected chi connectivity index (χ4v) is 3.56. The molecule has 1 aliphatic rings. The molecule has 8 nitrogen and oxygen atoms in total. The van der Waals surface area contributed by atoms with Crippen molar-refractivity contribution in [2.75, 3.05) is 51.8 Å². The molecule has 3 rings (SSSR count). The summed E-state index contributed by atoms with van der Waals surface area (Å²) < 4.78 is 18.9. The van der Waals surface area contributed by atoms with Crippen LogP contribution in [0.25, 0.3) is 0 Å².